The van der Waals surface area contributed by atoms with E-state index in [2.05, 4.69) is 25.8 Å². The lowest BCUT2D eigenvalue weighted by Gasteiger charge is -2.32. The lowest BCUT2D eigenvalue weighted by atomic mass is 10.2. The number of hydrogen-bond donors (Lipinski definition) is 0. The summed E-state index contributed by atoms with van der Waals surface area (Å²) in [6.45, 7) is 5.18. The Morgan fingerprint density at radius 1 is 1.30 bits per heavy atom. The van der Waals surface area contributed by atoms with Gasteiger partial charge in [0, 0.05) is 42.9 Å². The van der Waals surface area contributed by atoms with Crippen LogP contribution in [0.4, 0.5) is 0 Å². The van der Waals surface area contributed by atoms with Gasteiger partial charge in [-0.05, 0) is 34.5 Å². The van der Waals surface area contributed by atoms with Gasteiger partial charge in [-0.15, -0.1) is 0 Å². The predicted octanol–water partition coefficient (Wildman–Crippen LogP) is 1.39. The Bertz CT molecular complexity index is 474. The van der Waals surface area contributed by atoms with Gasteiger partial charge in [0.2, 0.25) is 0 Å². The van der Waals surface area contributed by atoms with Gasteiger partial charge in [0.05, 0.1) is 13.2 Å². The molecule has 5 nitrogen and oxygen atoms in total. The van der Waals surface area contributed by atoms with Crippen LogP contribution in [-0.2, 0) is 4.74 Å². The van der Waals surface area contributed by atoms with Crippen LogP contribution in [0.15, 0.2) is 22.8 Å². The first-order chi connectivity index (χ1) is 9.74. The van der Waals surface area contributed by atoms with Crippen molar-refractivity contribution in [1.29, 1.82) is 0 Å². The molecule has 1 aromatic rings. The van der Waals surface area contributed by atoms with Crippen molar-refractivity contribution in [1.82, 2.24) is 14.8 Å². The molecule has 1 aromatic heterocycles. The van der Waals surface area contributed by atoms with Gasteiger partial charge in [-0.3, -0.25) is 9.69 Å². The first-order valence-electron chi connectivity index (χ1n) is 6.96. The number of rotatable bonds is 2. The Morgan fingerprint density at radius 2 is 2.10 bits per heavy atom. The summed E-state index contributed by atoms with van der Waals surface area (Å²) in [6, 6.07) is 4.10. The number of amides is 1. The highest BCUT2D eigenvalue weighted by Crippen LogP contribution is 2.19. The molecule has 0 N–H and O–H groups in total. The van der Waals surface area contributed by atoms with Crippen molar-refractivity contribution in [2.45, 2.75) is 12.5 Å². The summed E-state index contributed by atoms with van der Waals surface area (Å²) in [6.07, 6.45) is 2.71. The topological polar surface area (TPSA) is 45.7 Å². The van der Waals surface area contributed by atoms with Crippen LogP contribution in [0.1, 0.15) is 16.9 Å². The molecule has 1 unspecified atom stereocenters. The first-order valence-corrected chi connectivity index (χ1v) is 7.76. The van der Waals surface area contributed by atoms with Crippen LogP contribution in [0.3, 0.4) is 0 Å². The maximum atomic E-state index is 12.4. The molecular formula is C14H18BrN3O2. The van der Waals surface area contributed by atoms with Crippen molar-refractivity contribution in [3.8, 4) is 0 Å². The van der Waals surface area contributed by atoms with Gasteiger partial charge in [-0.2, -0.15) is 0 Å². The first kappa shape index (κ1) is 14.0. The Kier molecular flexibility index (Phi) is 4.33. The highest BCUT2D eigenvalue weighted by molar-refractivity contribution is 9.10. The van der Waals surface area contributed by atoms with Gasteiger partial charge >= 0.3 is 0 Å². The summed E-state index contributed by atoms with van der Waals surface area (Å²) in [5, 5.41) is 0. The van der Waals surface area contributed by atoms with Crippen molar-refractivity contribution in [3.05, 3.63) is 28.5 Å². The number of morpholine rings is 1. The molecule has 108 valence electrons. The number of pyridine rings is 1. The van der Waals surface area contributed by atoms with Crippen molar-refractivity contribution in [2.75, 3.05) is 39.4 Å². The summed E-state index contributed by atoms with van der Waals surface area (Å²) < 4.78 is 6.27. The monoisotopic (exact) mass is 339 g/mol. The summed E-state index contributed by atoms with van der Waals surface area (Å²) in [5.41, 5.74) is 0.524. The van der Waals surface area contributed by atoms with E-state index in [9.17, 15) is 4.79 Å². The zero-order chi connectivity index (χ0) is 13.9. The Balaban J connectivity index is 1.61. The molecule has 2 fully saturated rings. The number of nitrogens with zero attached hydrogens (tertiary/aromatic N) is 3. The molecule has 1 atom stereocenters. The third-order valence-electron chi connectivity index (χ3n) is 3.96. The molecule has 3 heterocycles. The molecule has 2 aliphatic rings. The van der Waals surface area contributed by atoms with Gasteiger partial charge < -0.3 is 9.64 Å². The minimum absolute atomic E-state index is 0.0354. The van der Waals surface area contributed by atoms with Crippen LogP contribution >= 0.6 is 15.9 Å². The maximum Gasteiger partial charge on any atom is 0.272 e. The fourth-order valence-corrected chi connectivity index (χ4v) is 3.07. The summed E-state index contributed by atoms with van der Waals surface area (Å²) >= 11 is 3.33. The highest BCUT2D eigenvalue weighted by atomic mass is 79.9. The van der Waals surface area contributed by atoms with Gasteiger partial charge in [0.15, 0.2) is 0 Å². The van der Waals surface area contributed by atoms with E-state index >= 15 is 0 Å². The SMILES string of the molecule is O=C(c1ccc(Br)cn1)N1CCC(N2CCOCC2)C1. The van der Waals surface area contributed by atoms with Crippen molar-refractivity contribution >= 4 is 21.8 Å². The Hall–Kier alpha value is -0.980. The number of hydrogen-bond acceptors (Lipinski definition) is 4. The van der Waals surface area contributed by atoms with Crippen LogP contribution in [0.5, 0.6) is 0 Å². The third-order valence-corrected chi connectivity index (χ3v) is 4.43. The summed E-state index contributed by atoms with van der Waals surface area (Å²) in [7, 11) is 0. The van der Waals surface area contributed by atoms with E-state index in [1.807, 2.05) is 11.0 Å². The molecule has 2 aliphatic heterocycles. The van der Waals surface area contributed by atoms with E-state index in [-0.39, 0.29) is 5.91 Å². The van der Waals surface area contributed by atoms with E-state index in [0.29, 0.717) is 11.7 Å². The zero-order valence-corrected chi connectivity index (χ0v) is 12.9. The molecule has 1 amide bonds. The standard InChI is InChI=1S/C14H18BrN3O2/c15-11-1-2-13(16-9-11)14(19)18-4-3-12(10-18)17-5-7-20-8-6-17/h1-2,9,12H,3-8,10H2. The molecule has 0 saturated carbocycles. The second-order valence-electron chi connectivity index (χ2n) is 5.20. The normalized spacial score (nSPS) is 24.1. The molecule has 3 rings (SSSR count). The van der Waals surface area contributed by atoms with Gasteiger partial charge in [-0.1, -0.05) is 0 Å². The lowest BCUT2D eigenvalue weighted by Crippen LogP contribution is -2.45. The van der Waals surface area contributed by atoms with E-state index in [4.69, 9.17) is 4.74 Å². The quantitative estimate of drug-likeness (QED) is 0.816. The second-order valence-corrected chi connectivity index (χ2v) is 6.12. The molecular weight excluding hydrogens is 322 g/mol. The summed E-state index contributed by atoms with van der Waals surface area (Å²) in [5.74, 6) is 0.0354. The van der Waals surface area contributed by atoms with Crippen molar-refractivity contribution in [3.63, 3.8) is 0 Å². The fraction of sp³-hybridized carbons (Fsp3) is 0.571. The minimum atomic E-state index is 0.0354. The maximum absolute atomic E-state index is 12.4. The smallest absolute Gasteiger partial charge is 0.272 e. The molecule has 0 bridgehead atoms. The number of halogens is 1. The largest absolute Gasteiger partial charge is 0.379 e. The van der Waals surface area contributed by atoms with Gasteiger partial charge in [-0.25, -0.2) is 4.98 Å². The van der Waals surface area contributed by atoms with E-state index < -0.39 is 0 Å². The molecule has 0 aliphatic carbocycles. The van der Waals surface area contributed by atoms with Crippen LogP contribution < -0.4 is 0 Å². The average Bonchev–Trinajstić information content (AvgIpc) is 2.98. The van der Waals surface area contributed by atoms with Crippen molar-refractivity contribution < 1.29 is 9.53 Å². The molecule has 6 heteroatoms. The number of carbonyl (C=O) groups is 1. The van der Waals surface area contributed by atoms with E-state index in [1.54, 1.807) is 12.3 Å². The van der Waals surface area contributed by atoms with Crippen LogP contribution in [0.2, 0.25) is 0 Å². The van der Waals surface area contributed by atoms with Crippen LogP contribution in [-0.4, -0.2) is 66.1 Å². The van der Waals surface area contributed by atoms with Crippen LogP contribution in [0, 0.1) is 0 Å². The Morgan fingerprint density at radius 3 is 2.80 bits per heavy atom. The lowest BCUT2D eigenvalue weighted by molar-refractivity contribution is 0.0185. The average molecular weight is 340 g/mol. The van der Waals surface area contributed by atoms with E-state index in [1.165, 1.54) is 0 Å². The van der Waals surface area contributed by atoms with E-state index in [0.717, 1.165) is 50.3 Å². The zero-order valence-electron chi connectivity index (χ0n) is 11.3. The number of likely N-dealkylation sites (tertiary alicyclic amines) is 1. The van der Waals surface area contributed by atoms with Gasteiger partial charge in [0.25, 0.3) is 5.91 Å². The Labute approximate surface area is 127 Å². The molecule has 20 heavy (non-hydrogen) atoms. The number of carbonyl (C=O) groups excluding carboxylic acids is 1. The van der Waals surface area contributed by atoms with Crippen molar-refractivity contribution in [2.24, 2.45) is 0 Å². The molecule has 0 radical (unpaired) electrons. The number of ether oxygens (including phenoxy) is 1. The molecule has 0 spiro atoms. The fourth-order valence-electron chi connectivity index (χ4n) is 2.83. The molecule has 2 saturated heterocycles. The second kappa shape index (κ2) is 6.20. The van der Waals surface area contributed by atoms with Crippen LogP contribution in [0.25, 0.3) is 0 Å². The highest BCUT2D eigenvalue weighted by Gasteiger charge is 2.31. The predicted molar refractivity (Wildman–Crippen MR) is 78.6 cm³/mol. The minimum Gasteiger partial charge on any atom is -0.379 e. The third kappa shape index (κ3) is 3.02. The molecule has 0 aromatic carbocycles. The van der Waals surface area contributed by atoms with Gasteiger partial charge in [0.1, 0.15) is 5.69 Å². The summed E-state index contributed by atoms with van der Waals surface area (Å²) in [4.78, 5) is 20.9. The number of aromatic nitrogens is 1.